The van der Waals surface area contributed by atoms with Gasteiger partial charge in [-0.1, -0.05) is 30.3 Å². The highest BCUT2D eigenvalue weighted by molar-refractivity contribution is 5.48. The summed E-state index contributed by atoms with van der Waals surface area (Å²) in [5.41, 5.74) is 4.13. The van der Waals surface area contributed by atoms with Crippen molar-refractivity contribution in [1.82, 2.24) is 5.43 Å². The summed E-state index contributed by atoms with van der Waals surface area (Å²) in [6.07, 6.45) is 0.409. The van der Waals surface area contributed by atoms with E-state index in [1.807, 2.05) is 12.1 Å². The summed E-state index contributed by atoms with van der Waals surface area (Å²) in [6.45, 7) is 0. The molecule has 2 aromatic carbocycles. The summed E-state index contributed by atoms with van der Waals surface area (Å²) < 4.78 is 24.5. The van der Waals surface area contributed by atoms with Crippen LogP contribution in [0.4, 0.5) is 4.39 Å². The minimum Gasteiger partial charge on any atom is -0.493 e. The molecule has 21 heavy (non-hydrogen) atoms. The Morgan fingerprint density at radius 2 is 1.86 bits per heavy atom. The molecule has 2 rings (SSSR count). The van der Waals surface area contributed by atoms with Crippen molar-refractivity contribution in [3.63, 3.8) is 0 Å². The van der Waals surface area contributed by atoms with Gasteiger partial charge in [-0.05, 0) is 24.1 Å². The summed E-state index contributed by atoms with van der Waals surface area (Å²) >= 11 is 0. The largest absolute Gasteiger partial charge is 0.493 e. The molecule has 5 heteroatoms. The number of methoxy groups -OCH3 is 2. The summed E-state index contributed by atoms with van der Waals surface area (Å²) in [5, 5.41) is 0. The summed E-state index contributed by atoms with van der Waals surface area (Å²) in [4.78, 5) is 0. The standard InChI is InChI=1S/C16H19FN2O2/c1-20-15-9-5-7-12(16(15)21-2)14(19-18)10-11-6-3-4-8-13(11)17/h3-9,14,19H,10,18H2,1-2H3. The van der Waals surface area contributed by atoms with E-state index in [1.54, 1.807) is 38.5 Å². The van der Waals surface area contributed by atoms with Crippen LogP contribution in [-0.2, 0) is 6.42 Å². The Morgan fingerprint density at radius 1 is 1.10 bits per heavy atom. The maximum Gasteiger partial charge on any atom is 0.165 e. The van der Waals surface area contributed by atoms with Gasteiger partial charge < -0.3 is 9.47 Å². The second-order valence-corrected chi connectivity index (χ2v) is 4.60. The van der Waals surface area contributed by atoms with Crippen LogP contribution in [0.15, 0.2) is 42.5 Å². The lowest BCUT2D eigenvalue weighted by molar-refractivity contribution is 0.346. The number of nitrogens with one attached hydrogen (secondary N) is 1. The van der Waals surface area contributed by atoms with Crippen molar-refractivity contribution in [2.24, 2.45) is 5.84 Å². The molecule has 0 spiro atoms. The number of ether oxygens (including phenoxy) is 2. The Labute approximate surface area is 123 Å². The van der Waals surface area contributed by atoms with Crippen LogP contribution in [0, 0.1) is 5.82 Å². The average Bonchev–Trinajstić information content (AvgIpc) is 2.53. The first-order valence-electron chi connectivity index (χ1n) is 6.61. The minimum absolute atomic E-state index is 0.250. The van der Waals surface area contributed by atoms with E-state index in [1.165, 1.54) is 6.07 Å². The Morgan fingerprint density at radius 3 is 2.48 bits per heavy atom. The molecule has 0 heterocycles. The highest BCUT2D eigenvalue weighted by Gasteiger charge is 2.19. The van der Waals surface area contributed by atoms with Crippen molar-refractivity contribution in [3.05, 3.63) is 59.4 Å². The second-order valence-electron chi connectivity index (χ2n) is 4.60. The predicted octanol–water partition coefficient (Wildman–Crippen LogP) is 2.59. The van der Waals surface area contributed by atoms with Crippen molar-refractivity contribution >= 4 is 0 Å². The number of halogens is 1. The van der Waals surface area contributed by atoms with E-state index in [4.69, 9.17) is 15.3 Å². The number of nitrogens with two attached hydrogens (primary N) is 1. The van der Waals surface area contributed by atoms with E-state index in [0.717, 1.165) is 5.56 Å². The third kappa shape index (κ3) is 3.32. The maximum atomic E-state index is 13.8. The van der Waals surface area contributed by atoms with Crippen LogP contribution >= 0.6 is 0 Å². The van der Waals surface area contributed by atoms with Crippen LogP contribution < -0.4 is 20.7 Å². The van der Waals surface area contributed by atoms with Crippen LogP contribution in [0.5, 0.6) is 11.5 Å². The zero-order chi connectivity index (χ0) is 15.2. The van der Waals surface area contributed by atoms with Crippen molar-refractivity contribution in [3.8, 4) is 11.5 Å². The molecule has 0 amide bonds. The third-order valence-electron chi connectivity index (χ3n) is 3.39. The molecule has 0 radical (unpaired) electrons. The first kappa shape index (κ1) is 15.3. The van der Waals surface area contributed by atoms with Crippen LogP contribution in [0.3, 0.4) is 0 Å². The Hall–Kier alpha value is -2.11. The Kier molecular flexibility index (Phi) is 5.14. The van der Waals surface area contributed by atoms with E-state index in [9.17, 15) is 4.39 Å². The minimum atomic E-state index is -0.285. The number of benzene rings is 2. The first-order valence-corrected chi connectivity index (χ1v) is 6.61. The molecule has 0 saturated heterocycles. The van der Waals surface area contributed by atoms with Crippen LogP contribution in [0.2, 0.25) is 0 Å². The Balaban J connectivity index is 2.36. The van der Waals surface area contributed by atoms with Gasteiger partial charge in [0.15, 0.2) is 11.5 Å². The van der Waals surface area contributed by atoms with Crippen LogP contribution in [0.1, 0.15) is 17.2 Å². The van der Waals surface area contributed by atoms with Crippen molar-refractivity contribution in [2.75, 3.05) is 14.2 Å². The van der Waals surface area contributed by atoms with Gasteiger partial charge in [-0.2, -0.15) is 0 Å². The number of hydrazine groups is 1. The van der Waals surface area contributed by atoms with Crippen molar-refractivity contribution in [2.45, 2.75) is 12.5 Å². The zero-order valence-corrected chi connectivity index (χ0v) is 12.1. The van der Waals surface area contributed by atoms with Gasteiger partial charge in [-0.25, -0.2) is 4.39 Å². The molecule has 3 N–H and O–H groups in total. The molecule has 0 saturated carbocycles. The highest BCUT2D eigenvalue weighted by Crippen LogP contribution is 2.35. The van der Waals surface area contributed by atoms with Crippen molar-refractivity contribution < 1.29 is 13.9 Å². The fourth-order valence-electron chi connectivity index (χ4n) is 2.33. The molecule has 2 aromatic rings. The summed E-state index contributed by atoms with van der Waals surface area (Å²) in [5.74, 6) is 6.61. The van der Waals surface area contributed by atoms with Gasteiger partial charge in [0, 0.05) is 5.56 Å². The molecule has 0 bridgehead atoms. The lowest BCUT2D eigenvalue weighted by Crippen LogP contribution is -2.30. The Bertz CT molecular complexity index is 605. The topological polar surface area (TPSA) is 56.5 Å². The van der Waals surface area contributed by atoms with Gasteiger partial charge >= 0.3 is 0 Å². The van der Waals surface area contributed by atoms with Gasteiger partial charge in [-0.3, -0.25) is 11.3 Å². The smallest absolute Gasteiger partial charge is 0.165 e. The van der Waals surface area contributed by atoms with E-state index >= 15 is 0 Å². The summed E-state index contributed by atoms with van der Waals surface area (Å²) in [6, 6.07) is 11.9. The number of rotatable bonds is 6. The van der Waals surface area contributed by atoms with Crippen LogP contribution in [-0.4, -0.2) is 14.2 Å². The average molecular weight is 290 g/mol. The molecule has 0 aliphatic rings. The quantitative estimate of drug-likeness (QED) is 0.634. The normalized spacial score (nSPS) is 12.0. The van der Waals surface area contributed by atoms with E-state index in [-0.39, 0.29) is 11.9 Å². The highest BCUT2D eigenvalue weighted by atomic mass is 19.1. The summed E-state index contributed by atoms with van der Waals surface area (Å²) in [7, 11) is 3.14. The monoisotopic (exact) mass is 290 g/mol. The molecular formula is C16H19FN2O2. The van der Waals surface area contributed by atoms with Gasteiger partial charge in [-0.15, -0.1) is 0 Å². The lowest BCUT2D eigenvalue weighted by atomic mass is 9.98. The van der Waals surface area contributed by atoms with E-state index in [2.05, 4.69) is 5.43 Å². The molecule has 0 aliphatic heterocycles. The molecule has 1 unspecified atom stereocenters. The van der Waals surface area contributed by atoms with Gasteiger partial charge in [0.25, 0.3) is 0 Å². The second kappa shape index (κ2) is 7.06. The third-order valence-corrected chi connectivity index (χ3v) is 3.39. The molecule has 0 fully saturated rings. The van der Waals surface area contributed by atoms with Gasteiger partial charge in [0.1, 0.15) is 5.82 Å². The molecule has 4 nitrogen and oxygen atoms in total. The number of hydrogen-bond donors (Lipinski definition) is 2. The maximum absolute atomic E-state index is 13.8. The van der Waals surface area contributed by atoms with Gasteiger partial charge in [0.2, 0.25) is 0 Å². The van der Waals surface area contributed by atoms with Gasteiger partial charge in [0.05, 0.1) is 20.3 Å². The number of para-hydroxylation sites is 1. The fraction of sp³-hybridized carbons (Fsp3) is 0.250. The predicted molar refractivity (Wildman–Crippen MR) is 79.7 cm³/mol. The number of hydrogen-bond acceptors (Lipinski definition) is 4. The molecular weight excluding hydrogens is 271 g/mol. The molecule has 0 aromatic heterocycles. The molecule has 0 aliphatic carbocycles. The van der Waals surface area contributed by atoms with Crippen LogP contribution in [0.25, 0.3) is 0 Å². The van der Waals surface area contributed by atoms with E-state index < -0.39 is 0 Å². The fourth-order valence-corrected chi connectivity index (χ4v) is 2.33. The molecule has 1 atom stereocenters. The lowest BCUT2D eigenvalue weighted by Gasteiger charge is -2.21. The van der Waals surface area contributed by atoms with E-state index in [0.29, 0.717) is 23.5 Å². The SMILES string of the molecule is COc1cccc(C(Cc2ccccc2F)NN)c1OC. The molecule has 112 valence electrons. The zero-order valence-electron chi connectivity index (χ0n) is 12.1. The van der Waals surface area contributed by atoms with Crippen molar-refractivity contribution in [1.29, 1.82) is 0 Å². The first-order chi connectivity index (χ1) is 10.2.